The first-order valence-corrected chi connectivity index (χ1v) is 9.04. The monoisotopic (exact) mass is 364 g/mol. The lowest BCUT2D eigenvalue weighted by molar-refractivity contribution is -0.140. The summed E-state index contributed by atoms with van der Waals surface area (Å²) in [5.74, 6) is 0.582. The van der Waals surface area contributed by atoms with Crippen molar-refractivity contribution in [2.24, 2.45) is 0 Å². The van der Waals surface area contributed by atoms with Gasteiger partial charge in [0.25, 0.3) is 0 Å². The molecule has 0 bridgehead atoms. The third-order valence-corrected chi connectivity index (χ3v) is 4.85. The Labute approximate surface area is 157 Å². The van der Waals surface area contributed by atoms with Crippen molar-refractivity contribution in [3.8, 4) is 11.5 Å². The van der Waals surface area contributed by atoms with E-state index in [9.17, 15) is 9.59 Å². The molecule has 138 valence electrons. The van der Waals surface area contributed by atoms with Gasteiger partial charge in [-0.05, 0) is 67.2 Å². The van der Waals surface area contributed by atoms with E-state index in [0.29, 0.717) is 17.1 Å². The zero-order valence-corrected chi connectivity index (χ0v) is 15.1. The van der Waals surface area contributed by atoms with Crippen molar-refractivity contribution in [1.82, 2.24) is 0 Å². The highest BCUT2D eigenvalue weighted by molar-refractivity contribution is 6.01. The van der Waals surface area contributed by atoms with Gasteiger partial charge in [0.15, 0.2) is 17.6 Å². The number of Topliss-reactive ketones (excluding diaryl/α,β-unsaturated/α-hetero) is 1. The van der Waals surface area contributed by atoms with Crippen molar-refractivity contribution in [3.63, 3.8) is 0 Å². The topological polar surface area (TPSA) is 61.8 Å². The summed E-state index contributed by atoms with van der Waals surface area (Å²) in [6.45, 7) is 1.80. The van der Waals surface area contributed by atoms with E-state index in [1.54, 1.807) is 25.1 Å². The number of carbonyl (C=O) groups is 2. The zero-order chi connectivity index (χ0) is 18.8. The Morgan fingerprint density at radius 2 is 1.85 bits per heavy atom. The molecule has 2 aliphatic rings. The Morgan fingerprint density at radius 3 is 2.74 bits per heavy atom. The predicted molar refractivity (Wildman–Crippen MR) is 100.0 cm³/mol. The minimum absolute atomic E-state index is 0.186. The number of hydrogen-bond acceptors (Lipinski definition) is 5. The summed E-state index contributed by atoms with van der Waals surface area (Å²) in [5.41, 5.74) is 3.91. The molecule has 0 saturated carbocycles. The second-order valence-corrected chi connectivity index (χ2v) is 6.73. The summed E-state index contributed by atoms with van der Waals surface area (Å²) in [6, 6.07) is 11.1. The van der Waals surface area contributed by atoms with Crippen LogP contribution in [0, 0.1) is 0 Å². The molecule has 0 radical (unpaired) electrons. The highest BCUT2D eigenvalue weighted by Crippen LogP contribution is 2.32. The standard InChI is InChI=1S/C22H20O5/c1-14(22(24)18-8-7-16-3-2-4-17(16)12-18)27-21(23)10-6-15-5-9-19-20(11-15)26-13-25-19/h5-12,14H,2-4,13H2,1H3/b10-6+/t14-/m1/s1. The van der Waals surface area contributed by atoms with Gasteiger partial charge < -0.3 is 14.2 Å². The van der Waals surface area contributed by atoms with E-state index < -0.39 is 12.1 Å². The van der Waals surface area contributed by atoms with Gasteiger partial charge in [-0.1, -0.05) is 18.2 Å². The number of carbonyl (C=O) groups excluding carboxylic acids is 2. The van der Waals surface area contributed by atoms with Gasteiger partial charge in [-0.15, -0.1) is 0 Å². The van der Waals surface area contributed by atoms with Crippen LogP contribution in [0.3, 0.4) is 0 Å². The van der Waals surface area contributed by atoms with E-state index in [0.717, 1.165) is 24.8 Å². The average molecular weight is 364 g/mol. The fraction of sp³-hybridized carbons (Fsp3) is 0.273. The second kappa shape index (κ2) is 7.27. The highest BCUT2D eigenvalue weighted by Gasteiger charge is 2.21. The van der Waals surface area contributed by atoms with Crippen LogP contribution in [0.1, 0.15) is 40.4 Å². The lowest BCUT2D eigenvalue weighted by Crippen LogP contribution is -2.23. The van der Waals surface area contributed by atoms with Gasteiger partial charge in [-0.3, -0.25) is 4.79 Å². The van der Waals surface area contributed by atoms with Crippen LogP contribution in [0.25, 0.3) is 6.08 Å². The van der Waals surface area contributed by atoms with Crippen molar-refractivity contribution >= 4 is 17.8 Å². The summed E-state index contributed by atoms with van der Waals surface area (Å²) < 4.78 is 15.8. The van der Waals surface area contributed by atoms with Crippen molar-refractivity contribution in [2.75, 3.05) is 6.79 Å². The number of benzene rings is 2. The number of ketones is 1. The summed E-state index contributed by atoms with van der Waals surface area (Å²) in [4.78, 5) is 24.6. The number of aryl methyl sites for hydroxylation is 2. The molecule has 0 amide bonds. The molecule has 2 aromatic carbocycles. The minimum Gasteiger partial charge on any atom is -0.454 e. The first-order chi connectivity index (χ1) is 13.1. The number of fused-ring (bicyclic) bond motifs is 2. The normalized spacial score (nSPS) is 15.6. The summed E-state index contributed by atoms with van der Waals surface area (Å²) in [6.07, 6.45) is 5.30. The van der Waals surface area contributed by atoms with Crippen LogP contribution in [0.15, 0.2) is 42.5 Å². The quantitative estimate of drug-likeness (QED) is 0.460. The Balaban J connectivity index is 1.38. The van der Waals surface area contributed by atoms with Crippen molar-refractivity contribution < 1.29 is 23.8 Å². The van der Waals surface area contributed by atoms with Gasteiger partial charge in [0.2, 0.25) is 12.6 Å². The maximum absolute atomic E-state index is 12.6. The molecule has 0 aromatic heterocycles. The van der Waals surface area contributed by atoms with E-state index in [-0.39, 0.29) is 12.6 Å². The third-order valence-electron chi connectivity index (χ3n) is 4.85. The molecule has 27 heavy (non-hydrogen) atoms. The molecule has 2 aromatic rings. The molecule has 0 saturated heterocycles. The summed E-state index contributed by atoms with van der Waals surface area (Å²) in [5, 5.41) is 0. The molecule has 5 nitrogen and oxygen atoms in total. The molecule has 0 N–H and O–H groups in total. The van der Waals surface area contributed by atoms with Gasteiger partial charge in [0.05, 0.1) is 0 Å². The molecule has 1 aliphatic carbocycles. The van der Waals surface area contributed by atoms with Crippen LogP contribution in [0.4, 0.5) is 0 Å². The predicted octanol–water partition coefficient (Wildman–Crippen LogP) is 3.73. The number of ether oxygens (including phenoxy) is 3. The molecule has 0 unspecified atom stereocenters. The summed E-state index contributed by atoms with van der Waals surface area (Å²) >= 11 is 0. The molecule has 4 rings (SSSR count). The third kappa shape index (κ3) is 3.72. The average Bonchev–Trinajstić information content (AvgIpc) is 3.33. The van der Waals surface area contributed by atoms with Crippen molar-refractivity contribution in [2.45, 2.75) is 32.3 Å². The highest BCUT2D eigenvalue weighted by atomic mass is 16.7. The van der Waals surface area contributed by atoms with Crippen LogP contribution in [-0.4, -0.2) is 24.6 Å². The minimum atomic E-state index is -0.835. The molecular weight excluding hydrogens is 344 g/mol. The molecule has 0 spiro atoms. The SMILES string of the molecule is C[C@@H](OC(=O)/C=C/c1ccc2c(c1)OCO2)C(=O)c1ccc2c(c1)CCC2. The molecule has 1 atom stereocenters. The zero-order valence-electron chi connectivity index (χ0n) is 15.1. The molecule has 1 aliphatic heterocycles. The summed E-state index contributed by atoms with van der Waals surface area (Å²) in [7, 11) is 0. The van der Waals surface area contributed by atoms with E-state index in [4.69, 9.17) is 14.2 Å². The lowest BCUT2D eigenvalue weighted by atomic mass is 10.0. The van der Waals surface area contributed by atoms with Crippen LogP contribution < -0.4 is 9.47 Å². The Bertz CT molecular complexity index is 928. The Morgan fingerprint density at radius 1 is 1.04 bits per heavy atom. The van der Waals surface area contributed by atoms with Gasteiger partial charge >= 0.3 is 5.97 Å². The number of rotatable bonds is 5. The molecular formula is C22H20O5. The van der Waals surface area contributed by atoms with E-state index >= 15 is 0 Å². The lowest BCUT2D eigenvalue weighted by Gasteiger charge is -2.12. The van der Waals surface area contributed by atoms with Gasteiger partial charge in [-0.25, -0.2) is 4.79 Å². The van der Waals surface area contributed by atoms with Crippen molar-refractivity contribution in [3.05, 3.63) is 64.7 Å². The fourth-order valence-corrected chi connectivity index (χ4v) is 3.41. The van der Waals surface area contributed by atoms with E-state index in [2.05, 4.69) is 0 Å². The Kier molecular flexibility index (Phi) is 4.67. The molecule has 5 heteroatoms. The van der Waals surface area contributed by atoms with Crippen LogP contribution in [-0.2, 0) is 22.4 Å². The molecule has 0 fully saturated rings. The first-order valence-electron chi connectivity index (χ1n) is 9.04. The molecule has 1 heterocycles. The number of hydrogen-bond donors (Lipinski definition) is 0. The van der Waals surface area contributed by atoms with Gasteiger partial charge in [0, 0.05) is 11.6 Å². The van der Waals surface area contributed by atoms with Gasteiger partial charge in [-0.2, -0.15) is 0 Å². The fourth-order valence-electron chi connectivity index (χ4n) is 3.41. The smallest absolute Gasteiger partial charge is 0.331 e. The van der Waals surface area contributed by atoms with Crippen molar-refractivity contribution in [1.29, 1.82) is 0 Å². The number of esters is 1. The second-order valence-electron chi connectivity index (χ2n) is 6.73. The maximum Gasteiger partial charge on any atom is 0.331 e. The van der Waals surface area contributed by atoms with Gasteiger partial charge in [0.1, 0.15) is 0 Å². The van der Waals surface area contributed by atoms with Crippen LogP contribution in [0.5, 0.6) is 11.5 Å². The largest absolute Gasteiger partial charge is 0.454 e. The van der Waals surface area contributed by atoms with Crippen LogP contribution >= 0.6 is 0 Å². The maximum atomic E-state index is 12.6. The first kappa shape index (κ1) is 17.3. The Hall–Kier alpha value is -3.08. The van der Waals surface area contributed by atoms with E-state index in [1.165, 1.54) is 17.2 Å². The van der Waals surface area contributed by atoms with Crippen LogP contribution in [0.2, 0.25) is 0 Å². The van der Waals surface area contributed by atoms with E-state index in [1.807, 2.05) is 24.3 Å².